The summed E-state index contributed by atoms with van der Waals surface area (Å²) in [6.45, 7) is 21.5. The number of allylic oxidation sites excluding steroid dienone is 26. The molecule has 0 nitrogen and oxygen atoms in total. The molecule has 0 aromatic heterocycles. The molecule has 40 heavy (non-hydrogen) atoms. The fourth-order valence-electron chi connectivity index (χ4n) is 3.41. The molecule has 0 aromatic rings. The summed E-state index contributed by atoms with van der Waals surface area (Å²) >= 11 is 0. The number of rotatable bonds is 16. The second-order valence-corrected chi connectivity index (χ2v) is 11.1. The molecule has 0 fully saturated rings. The molecule has 0 heteroatoms. The molecule has 0 N–H and O–H groups in total. The van der Waals surface area contributed by atoms with Crippen LogP contribution in [0.5, 0.6) is 0 Å². The Bertz CT molecular complexity index is 1050. The summed E-state index contributed by atoms with van der Waals surface area (Å²) in [5.41, 5.74) is 10.5. The van der Waals surface area contributed by atoms with Crippen LogP contribution in [0.2, 0.25) is 0 Å². The van der Waals surface area contributed by atoms with Crippen molar-refractivity contribution in [2.75, 3.05) is 0 Å². The van der Waals surface area contributed by atoms with Crippen molar-refractivity contribution in [3.63, 3.8) is 0 Å². The van der Waals surface area contributed by atoms with Crippen molar-refractivity contribution >= 4 is 0 Å². The molecule has 0 amide bonds. The second-order valence-electron chi connectivity index (χ2n) is 11.1. The van der Waals surface area contributed by atoms with Crippen molar-refractivity contribution in [1.29, 1.82) is 0 Å². The fourth-order valence-corrected chi connectivity index (χ4v) is 3.41. The highest BCUT2D eigenvalue weighted by Crippen LogP contribution is 2.09. The topological polar surface area (TPSA) is 0 Å². The Morgan fingerprint density at radius 3 is 0.925 bits per heavy atom. The monoisotopic (exact) mass is 536 g/mol. The first-order valence-corrected chi connectivity index (χ1v) is 14.7. The van der Waals surface area contributed by atoms with E-state index in [-0.39, 0.29) is 0 Å². The molecule has 0 unspecified atom stereocenters. The maximum atomic E-state index is 2.30. The third kappa shape index (κ3) is 24.9. The minimum atomic E-state index is 1.12. The van der Waals surface area contributed by atoms with Gasteiger partial charge in [-0.25, -0.2) is 0 Å². The van der Waals surface area contributed by atoms with Crippen LogP contribution in [0.1, 0.15) is 94.9 Å². The highest BCUT2D eigenvalue weighted by molar-refractivity contribution is 5.32. The standard InChI is InChI=1S/C40H56/c1-33(2)19-13-23-37(7)27-17-31-39(9)29-15-25-35(5)21-11-12-22-36(6)26-16-30-40(10)32-18-28-38(8)24-14-20-34(3)4/h11-12,15-22,25-32H,13-14,23-24H2,1-10H3/b12-11-,25-15-,26-16-,31-17-,32-18+,35-21+,36-22-,37-27+,38-28+,39-29+,40-30-. The third-order valence-electron chi connectivity index (χ3n) is 5.93. The Morgan fingerprint density at radius 2 is 0.625 bits per heavy atom. The lowest BCUT2D eigenvalue weighted by Gasteiger charge is -1.96. The molecule has 0 aliphatic heterocycles. The Morgan fingerprint density at radius 1 is 0.350 bits per heavy atom. The van der Waals surface area contributed by atoms with Gasteiger partial charge in [0.15, 0.2) is 0 Å². The summed E-state index contributed by atoms with van der Waals surface area (Å²) in [7, 11) is 0. The van der Waals surface area contributed by atoms with Gasteiger partial charge in [0.05, 0.1) is 0 Å². The van der Waals surface area contributed by atoms with Gasteiger partial charge in [0, 0.05) is 0 Å². The van der Waals surface area contributed by atoms with Crippen LogP contribution in [0.4, 0.5) is 0 Å². The Kier molecular flexibility index (Phi) is 21.5. The van der Waals surface area contributed by atoms with Crippen molar-refractivity contribution < 1.29 is 0 Å². The first-order chi connectivity index (χ1) is 19.0. The van der Waals surface area contributed by atoms with E-state index in [4.69, 9.17) is 0 Å². The molecule has 0 spiro atoms. The molecule has 0 bridgehead atoms. The van der Waals surface area contributed by atoms with Gasteiger partial charge in [-0.1, -0.05) is 154 Å². The lowest BCUT2D eigenvalue weighted by Crippen LogP contribution is -1.76. The second kappa shape index (κ2) is 23.5. The van der Waals surface area contributed by atoms with Crippen LogP contribution >= 0.6 is 0 Å². The molecular formula is C40H56. The van der Waals surface area contributed by atoms with E-state index in [9.17, 15) is 0 Å². The number of hydrogen-bond donors (Lipinski definition) is 0. The fraction of sp³-hybridized carbons (Fsp3) is 0.350. The van der Waals surface area contributed by atoms with Crippen LogP contribution in [0.25, 0.3) is 0 Å². The SMILES string of the molecule is CC(C)=CCC/C(C)=C/C=C\C(C)=C\C=C/C(C)=C/C=C\C=C(C)/C=C\C=C(C)/C=C/C=C(\C)CCC=C(C)C. The van der Waals surface area contributed by atoms with Gasteiger partial charge in [0.1, 0.15) is 0 Å². The zero-order valence-electron chi connectivity index (χ0n) is 27.2. The molecule has 0 heterocycles. The van der Waals surface area contributed by atoms with Crippen molar-refractivity contribution in [1.82, 2.24) is 0 Å². The molecule has 0 saturated carbocycles. The van der Waals surface area contributed by atoms with E-state index in [1.165, 1.54) is 44.6 Å². The summed E-state index contributed by atoms with van der Waals surface area (Å²) in [5.74, 6) is 0. The van der Waals surface area contributed by atoms with E-state index in [2.05, 4.69) is 179 Å². The van der Waals surface area contributed by atoms with Crippen molar-refractivity contribution in [2.24, 2.45) is 0 Å². The van der Waals surface area contributed by atoms with E-state index < -0.39 is 0 Å². The van der Waals surface area contributed by atoms with Crippen LogP contribution in [0.3, 0.4) is 0 Å². The van der Waals surface area contributed by atoms with Crippen molar-refractivity contribution in [2.45, 2.75) is 94.9 Å². The zero-order valence-corrected chi connectivity index (χ0v) is 27.2. The van der Waals surface area contributed by atoms with Gasteiger partial charge in [-0.2, -0.15) is 0 Å². The maximum absolute atomic E-state index is 2.30. The van der Waals surface area contributed by atoms with Gasteiger partial charge in [0.25, 0.3) is 0 Å². The summed E-state index contributed by atoms with van der Waals surface area (Å²) in [5, 5.41) is 0. The molecule has 0 rings (SSSR count). The minimum absolute atomic E-state index is 1.12. The van der Waals surface area contributed by atoms with E-state index in [0.29, 0.717) is 0 Å². The molecule has 0 aliphatic rings. The predicted octanol–water partition coefficient (Wildman–Crippen LogP) is 12.9. The molecule has 216 valence electrons. The smallest absolute Gasteiger partial charge is 0.0285 e. The lowest BCUT2D eigenvalue weighted by molar-refractivity contribution is 0.967. The number of hydrogen-bond acceptors (Lipinski definition) is 0. The van der Waals surface area contributed by atoms with Crippen LogP contribution in [0.15, 0.2) is 154 Å². The quantitative estimate of drug-likeness (QED) is 0.136. The first kappa shape index (κ1) is 36.6. The lowest BCUT2D eigenvalue weighted by atomic mass is 10.1. The first-order valence-electron chi connectivity index (χ1n) is 14.7. The third-order valence-corrected chi connectivity index (χ3v) is 5.93. The van der Waals surface area contributed by atoms with Crippen LogP contribution in [-0.2, 0) is 0 Å². The van der Waals surface area contributed by atoms with Gasteiger partial charge in [0.2, 0.25) is 0 Å². The Balaban J connectivity index is 4.70. The molecular weight excluding hydrogens is 480 g/mol. The van der Waals surface area contributed by atoms with Crippen molar-refractivity contribution in [3.8, 4) is 0 Å². The van der Waals surface area contributed by atoms with E-state index in [1.54, 1.807) is 0 Å². The van der Waals surface area contributed by atoms with E-state index in [1.807, 2.05) is 0 Å². The zero-order chi connectivity index (χ0) is 30.2. The van der Waals surface area contributed by atoms with E-state index in [0.717, 1.165) is 25.7 Å². The normalized spacial score (nSPS) is 15.1. The van der Waals surface area contributed by atoms with Crippen molar-refractivity contribution in [3.05, 3.63) is 154 Å². The molecule has 0 atom stereocenters. The molecule has 0 saturated heterocycles. The van der Waals surface area contributed by atoms with Crippen LogP contribution in [0, 0.1) is 0 Å². The average molecular weight is 537 g/mol. The van der Waals surface area contributed by atoms with Gasteiger partial charge >= 0.3 is 0 Å². The summed E-state index contributed by atoms with van der Waals surface area (Å²) < 4.78 is 0. The van der Waals surface area contributed by atoms with E-state index >= 15 is 0 Å². The van der Waals surface area contributed by atoms with Gasteiger partial charge in [-0.3, -0.25) is 0 Å². The highest BCUT2D eigenvalue weighted by Gasteiger charge is 1.88. The Hall–Kier alpha value is -3.38. The van der Waals surface area contributed by atoms with Gasteiger partial charge < -0.3 is 0 Å². The van der Waals surface area contributed by atoms with Gasteiger partial charge in [-0.05, 0) is 94.9 Å². The molecule has 0 radical (unpaired) electrons. The largest absolute Gasteiger partial charge is 0.0856 e. The summed E-state index contributed by atoms with van der Waals surface area (Å²) in [4.78, 5) is 0. The van der Waals surface area contributed by atoms with Crippen LogP contribution in [-0.4, -0.2) is 0 Å². The molecule has 0 aliphatic carbocycles. The van der Waals surface area contributed by atoms with Gasteiger partial charge in [-0.15, -0.1) is 0 Å². The van der Waals surface area contributed by atoms with Crippen LogP contribution < -0.4 is 0 Å². The summed E-state index contributed by atoms with van der Waals surface area (Å²) in [6.07, 6.45) is 43.3. The average Bonchev–Trinajstić information content (AvgIpc) is 2.86. The molecule has 0 aromatic carbocycles. The highest BCUT2D eigenvalue weighted by atomic mass is 13.9. The maximum Gasteiger partial charge on any atom is -0.0285 e. The Labute approximate surface area is 248 Å². The minimum Gasteiger partial charge on any atom is -0.0856 e. The predicted molar refractivity (Wildman–Crippen MR) is 186 cm³/mol. The summed E-state index contributed by atoms with van der Waals surface area (Å²) in [6, 6.07) is 0.